The zero-order valence-electron chi connectivity index (χ0n) is 20.0. The molecule has 190 valence electrons. The van der Waals surface area contributed by atoms with Crippen LogP contribution in [-0.4, -0.2) is 35.0 Å². The molecule has 0 radical (unpaired) electrons. The summed E-state index contributed by atoms with van der Waals surface area (Å²) in [6.07, 6.45) is 1.63. The van der Waals surface area contributed by atoms with E-state index in [9.17, 15) is 18.0 Å². The van der Waals surface area contributed by atoms with Gasteiger partial charge < -0.3 is 4.57 Å². The van der Waals surface area contributed by atoms with Crippen LogP contribution in [0.15, 0.2) is 89.2 Å². The van der Waals surface area contributed by atoms with E-state index in [4.69, 9.17) is 0 Å². The third-order valence-corrected chi connectivity index (χ3v) is 7.70. The minimum absolute atomic E-state index is 0.0727. The SMILES string of the molecule is Cc1cccc(NS(=O)(=O)c2cccc(C(=O)NNC(=O)c3ccc(CSc4nncn4C)cc3)c2)c1. The third-order valence-electron chi connectivity index (χ3n) is 5.22. The Hall–Kier alpha value is -4.16. The molecule has 12 heteroatoms. The number of nitrogens with one attached hydrogen (secondary N) is 3. The highest BCUT2D eigenvalue weighted by molar-refractivity contribution is 7.98. The highest BCUT2D eigenvalue weighted by Gasteiger charge is 2.17. The van der Waals surface area contributed by atoms with Gasteiger partial charge >= 0.3 is 0 Å². The molecule has 0 aliphatic rings. The van der Waals surface area contributed by atoms with Gasteiger partial charge in [-0.05, 0) is 60.5 Å². The number of nitrogens with zero attached hydrogens (tertiary/aromatic N) is 3. The molecular formula is C25H24N6O4S2. The zero-order chi connectivity index (χ0) is 26.4. The monoisotopic (exact) mass is 536 g/mol. The topological polar surface area (TPSA) is 135 Å². The Bertz CT molecular complexity index is 1530. The second-order valence-electron chi connectivity index (χ2n) is 8.12. The van der Waals surface area contributed by atoms with E-state index >= 15 is 0 Å². The summed E-state index contributed by atoms with van der Waals surface area (Å²) >= 11 is 1.52. The number of amides is 2. The second-order valence-corrected chi connectivity index (χ2v) is 10.7. The molecule has 0 saturated heterocycles. The van der Waals surface area contributed by atoms with Gasteiger partial charge in [-0.1, -0.05) is 42.1 Å². The van der Waals surface area contributed by atoms with E-state index in [1.807, 2.05) is 36.7 Å². The Kier molecular flexibility index (Phi) is 7.89. The van der Waals surface area contributed by atoms with E-state index in [-0.39, 0.29) is 10.5 Å². The summed E-state index contributed by atoms with van der Waals surface area (Å²) in [7, 11) is -2.05. The number of rotatable bonds is 8. The first-order valence-corrected chi connectivity index (χ1v) is 13.5. The average Bonchev–Trinajstić information content (AvgIpc) is 3.30. The molecule has 3 aromatic carbocycles. The third kappa shape index (κ3) is 6.74. The van der Waals surface area contributed by atoms with Crippen LogP contribution < -0.4 is 15.6 Å². The standard InChI is InChI=1S/C25H24N6O4S2/c1-17-5-3-7-21(13-17)30-37(34,35)22-8-4-6-20(14-22)24(33)28-27-23(32)19-11-9-18(10-12-19)15-36-25-29-26-16-31(25)2/h3-14,16,30H,15H2,1-2H3,(H,27,32)(H,28,33). The van der Waals surface area contributed by atoms with Gasteiger partial charge in [0.2, 0.25) is 0 Å². The molecule has 0 atom stereocenters. The number of hydrogen-bond acceptors (Lipinski definition) is 7. The van der Waals surface area contributed by atoms with Gasteiger partial charge in [0.1, 0.15) is 6.33 Å². The van der Waals surface area contributed by atoms with Crippen molar-refractivity contribution in [1.29, 1.82) is 0 Å². The lowest BCUT2D eigenvalue weighted by atomic mass is 10.1. The number of hydrazine groups is 1. The van der Waals surface area contributed by atoms with Crippen molar-refractivity contribution in [3.8, 4) is 0 Å². The van der Waals surface area contributed by atoms with Crippen LogP contribution >= 0.6 is 11.8 Å². The van der Waals surface area contributed by atoms with E-state index in [0.29, 0.717) is 17.0 Å². The number of carbonyl (C=O) groups excluding carboxylic acids is 2. The maximum atomic E-state index is 12.8. The molecule has 1 heterocycles. The number of thioether (sulfide) groups is 1. The van der Waals surface area contributed by atoms with Crippen molar-refractivity contribution in [2.75, 3.05) is 4.72 Å². The first-order valence-electron chi connectivity index (χ1n) is 11.1. The molecule has 0 spiro atoms. The van der Waals surface area contributed by atoms with Gasteiger partial charge in [-0.3, -0.25) is 25.2 Å². The summed E-state index contributed by atoms with van der Waals surface area (Å²) in [6.45, 7) is 1.85. The van der Waals surface area contributed by atoms with Crippen molar-refractivity contribution < 1.29 is 18.0 Å². The lowest BCUT2D eigenvalue weighted by Crippen LogP contribution is -2.41. The molecule has 0 saturated carbocycles. The minimum Gasteiger partial charge on any atom is -0.312 e. The van der Waals surface area contributed by atoms with Crippen LogP contribution in [0.2, 0.25) is 0 Å². The second kappa shape index (κ2) is 11.3. The van der Waals surface area contributed by atoms with E-state index < -0.39 is 21.8 Å². The largest absolute Gasteiger partial charge is 0.312 e. The highest BCUT2D eigenvalue weighted by Crippen LogP contribution is 2.20. The number of anilines is 1. The Labute approximate surface area is 218 Å². The van der Waals surface area contributed by atoms with Gasteiger partial charge in [0, 0.05) is 29.6 Å². The molecule has 0 aliphatic carbocycles. The summed E-state index contributed by atoms with van der Waals surface area (Å²) in [5, 5.41) is 8.64. The molecule has 0 bridgehead atoms. The zero-order valence-corrected chi connectivity index (χ0v) is 21.6. The highest BCUT2D eigenvalue weighted by atomic mass is 32.2. The van der Waals surface area contributed by atoms with Gasteiger partial charge in [0.15, 0.2) is 5.16 Å². The van der Waals surface area contributed by atoms with E-state index in [2.05, 4.69) is 25.8 Å². The molecule has 3 N–H and O–H groups in total. The predicted octanol–water partition coefficient (Wildman–Crippen LogP) is 3.29. The number of carbonyl (C=O) groups is 2. The lowest BCUT2D eigenvalue weighted by molar-refractivity contribution is 0.0846. The molecule has 37 heavy (non-hydrogen) atoms. The molecule has 4 rings (SSSR count). The summed E-state index contributed by atoms with van der Waals surface area (Å²) in [5.41, 5.74) is 7.41. The molecule has 0 unspecified atom stereocenters. The van der Waals surface area contributed by atoms with Crippen molar-refractivity contribution in [3.63, 3.8) is 0 Å². The van der Waals surface area contributed by atoms with Gasteiger partial charge in [0.05, 0.1) is 4.90 Å². The maximum absolute atomic E-state index is 12.8. The molecule has 0 aliphatic heterocycles. The number of sulfonamides is 1. The van der Waals surface area contributed by atoms with E-state index in [1.165, 1.54) is 36.0 Å². The van der Waals surface area contributed by atoms with Crippen LogP contribution in [0.5, 0.6) is 0 Å². The minimum atomic E-state index is -3.91. The average molecular weight is 537 g/mol. The van der Waals surface area contributed by atoms with Crippen LogP contribution in [0.25, 0.3) is 0 Å². The number of aryl methyl sites for hydroxylation is 2. The fourth-order valence-corrected chi connectivity index (χ4v) is 5.23. The quantitative estimate of drug-likeness (QED) is 0.232. The number of aromatic nitrogens is 3. The predicted molar refractivity (Wildman–Crippen MR) is 140 cm³/mol. The van der Waals surface area contributed by atoms with Crippen molar-refractivity contribution in [2.24, 2.45) is 7.05 Å². The van der Waals surface area contributed by atoms with Gasteiger partial charge in [-0.15, -0.1) is 10.2 Å². The van der Waals surface area contributed by atoms with E-state index in [0.717, 1.165) is 16.3 Å². The van der Waals surface area contributed by atoms with Crippen molar-refractivity contribution in [2.45, 2.75) is 22.7 Å². The fourth-order valence-electron chi connectivity index (χ4n) is 3.29. The Morgan fingerprint density at radius 3 is 2.30 bits per heavy atom. The maximum Gasteiger partial charge on any atom is 0.269 e. The molecule has 4 aromatic rings. The van der Waals surface area contributed by atoms with Gasteiger partial charge in [0.25, 0.3) is 21.8 Å². The Morgan fingerprint density at radius 1 is 0.919 bits per heavy atom. The number of hydrogen-bond donors (Lipinski definition) is 3. The summed E-state index contributed by atoms with van der Waals surface area (Å²) < 4.78 is 29.9. The van der Waals surface area contributed by atoms with Gasteiger partial charge in [-0.2, -0.15) is 0 Å². The van der Waals surface area contributed by atoms with Crippen molar-refractivity contribution in [1.82, 2.24) is 25.6 Å². The van der Waals surface area contributed by atoms with Crippen molar-refractivity contribution >= 4 is 39.3 Å². The fraction of sp³-hybridized carbons (Fsp3) is 0.120. The summed E-state index contributed by atoms with van der Waals surface area (Å²) in [5.74, 6) is -0.508. The number of benzene rings is 3. The lowest BCUT2D eigenvalue weighted by Gasteiger charge is -2.11. The molecule has 0 fully saturated rings. The van der Waals surface area contributed by atoms with Crippen LogP contribution in [0.4, 0.5) is 5.69 Å². The first-order chi connectivity index (χ1) is 17.7. The molecule has 1 aromatic heterocycles. The normalized spacial score (nSPS) is 11.1. The van der Waals surface area contributed by atoms with Crippen molar-refractivity contribution in [3.05, 3.63) is 101 Å². The summed E-state index contributed by atoms with van der Waals surface area (Å²) in [6, 6.07) is 19.4. The van der Waals surface area contributed by atoms with Crippen LogP contribution in [0.1, 0.15) is 31.8 Å². The van der Waals surface area contributed by atoms with Crippen LogP contribution in [0, 0.1) is 6.92 Å². The smallest absolute Gasteiger partial charge is 0.269 e. The molecule has 10 nitrogen and oxygen atoms in total. The van der Waals surface area contributed by atoms with Crippen LogP contribution in [0.3, 0.4) is 0 Å². The van der Waals surface area contributed by atoms with Crippen LogP contribution in [-0.2, 0) is 22.8 Å². The Balaban J connectivity index is 1.34. The molecule has 2 amide bonds. The van der Waals surface area contributed by atoms with Gasteiger partial charge in [-0.25, -0.2) is 8.42 Å². The summed E-state index contributed by atoms with van der Waals surface area (Å²) in [4.78, 5) is 25.0. The molecular weight excluding hydrogens is 512 g/mol. The first kappa shape index (κ1) is 25.9. The van der Waals surface area contributed by atoms with E-state index in [1.54, 1.807) is 36.7 Å². The Morgan fingerprint density at radius 2 is 1.62 bits per heavy atom.